The van der Waals surface area contributed by atoms with Crippen molar-refractivity contribution in [1.82, 2.24) is 0 Å². The summed E-state index contributed by atoms with van der Waals surface area (Å²) in [5.41, 5.74) is 0. The van der Waals surface area contributed by atoms with Crippen molar-refractivity contribution in [3.63, 3.8) is 0 Å². The molecule has 1 fully saturated rings. The number of carbonyl (C=O) groups excluding carboxylic acids is 1. The highest BCUT2D eigenvalue weighted by molar-refractivity contribution is 6.75. The third-order valence-corrected chi connectivity index (χ3v) is 22.0. The highest BCUT2D eigenvalue weighted by Gasteiger charge is 2.49. The molecular weight excluding hydrogens is 465 g/mol. The van der Waals surface area contributed by atoms with Crippen LogP contribution in [0.2, 0.25) is 54.4 Å². The number of hydrogen-bond acceptors (Lipinski definition) is 5. The van der Waals surface area contributed by atoms with Gasteiger partial charge in [-0.3, -0.25) is 4.79 Å². The largest absolute Gasteiger partial charge is 0.460 e. The van der Waals surface area contributed by atoms with E-state index in [9.17, 15) is 4.79 Å². The van der Waals surface area contributed by atoms with Gasteiger partial charge in [-0.2, -0.15) is 0 Å². The van der Waals surface area contributed by atoms with Gasteiger partial charge in [-0.15, -0.1) is 0 Å². The maximum Gasteiger partial charge on any atom is 0.306 e. The van der Waals surface area contributed by atoms with Crippen LogP contribution in [0.1, 0.15) is 75.2 Å². The van der Waals surface area contributed by atoms with E-state index in [1.54, 1.807) is 0 Å². The van der Waals surface area contributed by atoms with Gasteiger partial charge in [-0.1, -0.05) is 62.3 Å². The highest BCUT2D eigenvalue weighted by atomic mass is 28.4. The van der Waals surface area contributed by atoms with E-state index < -0.39 is 25.0 Å². The number of rotatable bonds is 9. The monoisotopic (exact) mass is 518 g/mol. The SMILES string of the molecule is CC(C)(C)[Si](C)(C)OC[C@@H](O[Si](C)(C)C(C)(C)C)[C@@H](O[Si](C)(C)C(C)(C)C)[C@H]1CCC(=O)O1. The summed E-state index contributed by atoms with van der Waals surface area (Å²) in [5, 5.41) is 0.190. The Morgan fingerprint density at radius 2 is 1.21 bits per heavy atom. The molecule has 33 heavy (non-hydrogen) atoms. The normalized spacial score (nSPS) is 21.2. The molecule has 1 saturated heterocycles. The fraction of sp³-hybridized carbons (Fsp3) is 0.960. The van der Waals surface area contributed by atoms with Gasteiger partial charge in [0.15, 0.2) is 25.0 Å². The second-order valence-corrected chi connectivity index (χ2v) is 28.7. The van der Waals surface area contributed by atoms with Crippen LogP contribution >= 0.6 is 0 Å². The van der Waals surface area contributed by atoms with E-state index in [1.807, 2.05) is 0 Å². The third-order valence-electron chi connectivity index (χ3n) is 8.55. The van der Waals surface area contributed by atoms with Crippen molar-refractivity contribution in [1.29, 1.82) is 0 Å². The van der Waals surface area contributed by atoms with Crippen LogP contribution in [-0.4, -0.2) is 55.8 Å². The topological polar surface area (TPSA) is 54.0 Å². The molecule has 5 nitrogen and oxygen atoms in total. The van der Waals surface area contributed by atoms with Crippen LogP contribution in [0.3, 0.4) is 0 Å². The lowest BCUT2D eigenvalue weighted by molar-refractivity contribution is -0.148. The quantitative estimate of drug-likeness (QED) is 0.234. The molecule has 0 bridgehead atoms. The Balaban J connectivity index is 3.42. The summed E-state index contributed by atoms with van der Waals surface area (Å²) < 4.78 is 26.5. The van der Waals surface area contributed by atoms with Crippen LogP contribution in [0.25, 0.3) is 0 Å². The van der Waals surface area contributed by atoms with E-state index in [-0.39, 0.29) is 39.4 Å². The van der Waals surface area contributed by atoms with Crippen molar-refractivity contribution in [2.45, 2.75) is 148 Å². The molecule has 0 unspecified atom stereocenters. The first-order valence-electron chi connectivity index (χ1n) is 12.6. The van der Waals surface area contributed by atoms with Crippen molar-refractivity contribution in [3.05, 3.63) is 0 Å². The van der Waals surface area contributed by atoms with Crippen molar-refractivity contribution >= 4 is 30.9 Å². The van der Waals surface area contributed by atoms with Crippen molar-refractivity contribution < 1.29 is 22.8 Å². The van der Waals surface area contributed by atoms with E-state index in [0.29, 0.717) is 19.4 Å². The molecule has 1 aliphatic rings. The zero-order valence-corrected chi connectivity index (χ0v) is 27.4. The molecular formula is C25H54O5Si3. The van der Waals surface area contributed by atoms with Gasteiger partial charge in [-0.05, 0) is 60.8 Å². The maximum atomic E-state index is 12.1. The predicted octanol–water partition coefficient (Wildman–Crippen LogP) is 7.49. The van der Waals surface area contributed by atoms with Crippen molar-refractivity contribution in [2.24, 2.45) is 0 Å². The average molecular weight is 519 g/mol. The summed E-state index contributed by atoms with van der Waals surface area (Å²) in [7, 11) is -6.28. The number of ether oxygens (including phenoxy) is 1. The molecule has 0 aliphatic carbocycles. The molecule has 0 aromatic carbocycles. The molecule has 196 valence electrons. The fourth-order valence-corrected chi connectivity index (χ4v) is 6.61. The van der Waals surface area contributed by atoms with Crippen LogP contribution in [0.4, 0.5) is 0 Å². The van der Waals surface area contributed by atoms with Gasteiger partial charge < -0.3 is 18.0 Å². The van der Waals surface area contributed by atoms with Gasteiger partial charge >= 0.3 is 5.97 Å². The lowest BCUT2D eigenvalue weighted by Gasteiger charge is -2.47. The molecule has 0 N–H and O–H groups in total. The molecule has 0 saturated carbocycles. The fourth-order valence-electron chi connectivity index (χ4n) is 2.94. The van der Waals surface area contributed by atoms with Gasteiger partial charge in [-0.25, -0.2) is 0 Å². The smallest absolute Gasteiger partial charge is 0.306 e. The Morgan fingerprint density at radius 1 is 0.788 bits per heavy atom. The Morgan fingerprint density at radius 3 is 1.58 bits per heavy atom. The van der Waals surface area contributed by atoms with Gasteiger partial charge in [0, 0.05) is 6.42 Å². The van der Waals surface area contributed by atoms with E-state index in [4.69, 9.17) is 18.0 Å². The summed E-state index contributed by atoms with van der Waals surface area (Å²) in [4.78, 5) is 12.1. The van der Waals surface area contributed by atoms with Crippen LogP contribution in [0.5, 0.6) is 0 Å². The average Bonchev–Trinajstić information content (AvgIpc) is 2.99. The first-order chi connectivity index (χ1) is 14.4. The zero-order chi connectivity index (χ0) is 26.3. The predicted molar refractivity (Wildman–Crippen MR) is 146 cm³/mol. The Hall–Kier alpha value is 0.000649. The summed E-state index contributed by atoms with van der Waals surface area (Å²) >= 11 is 0. The minimum Gasteiger partial charge on any atom is -0.460 e. The van der Waals surface area contributed by atoms with Crippen LogP contribution in [-0.2, 0) is 22.8 Å². The molecule has 1 rings (SSSR count). The van der Waals surface area contributed by atoms with E-state index >= 15 is 0 Å². The molecule has 0 radical (unpaired) electrons. The lowest BCUT2D eigenvalue weighted by Crippen LogP contribution is -2.57. The van der Waals surface area contributed by atoms with E-state index in [0.717, 1.165) is 0 Å². The van der Waals surface area contributed by atoms with E-state index in [2.05, 4.69) is 102 Å². The second-order valence-electron chi connectivity index (χ2n) is 14.4. The maximum absolute atomic E-state index is 12.1. The van der Waals surface area contributed by atoms with Gasteiger partial charge in [0.05, 0.1) is 12.7 Å². The molecule has 8 heteroatoms. The van der Waals surface area contributed by atoms with E-state index in [1.165, 1.54) is 0 Å². The standard InChI is InChI=1S/C25H54O5Si3/c1-23(2,3)31(10,11)27-18-20(29-32(12,13)24(4,5)6)22(19-16-17-21(26)28-19)30-33(14,15)25(7,8)9/h19-20,22H,16-18H2,1-15H3/t19-,20-,22+/m1/s1. The van der Waals surface area contributed by atoms with Crippen LogP contribution < -0.4 is 0 Å². The van der Waals surface area contributed by atoms with Gasteiger partial charge in [0.2, 0.25) is 0 Å². The van der Waals surface area contributed by atoms with Gasteiger partial charge in [0.1, 0.15) is 12.2 Å². The molecule has 0 aromatic rings. The second kappa shape index (κ2) is 10.2. The molecule has 0 amide bonds. The summed E-state index contributed by atoms with van der Waals surface area (Å²) in [6, 6.07) is 0. The summed E-state index contributed by atoms with van der Waals surface area (Å²) in [5.74, 6) is -0.139. The zero-order valence-electron chi connectivity index (χ0n) is 24.4. The molecule has 3 atom stereocenters. The summed E-state index contributed by atoms with van der Waals surface area (Å²) in [6.45, 7) is 34.3. The Kier molecular flexibility index (Phi) is 9.56. The van der Waals surface area contributed by atoms with Crippen molar-refractivity contribution in [3.8, 4) is 0 Å². The Bertz CT molecular complexity index is 669. The Labute approximate surface area is 208 Å². The summed E-state index contributed by atoms with van der Waals surface area (Å²) in [6.07, 6.45) is 0.235. The third kappa shape index (κ3) is 8.00. The van der Waals surface area contributed by atoms with Crippen LogP contribution in [0, 0.1) is 0 Å². The number of carbonyl (C=O) groups is 1. The molecule has 0 spiro atoms. The number of hydrogen-bond donors (Lipinski definition) is 0. The van der Waals surface area contributed by atoms with Gasteiger partial charge in [0.25, 0.3) is 0 Å². The minimum absolute atomic E-state index is 0.0374. The minimum atomic E-state index is -2.15. The van der Waals surface area contributed by atoms with Crippen molar-refractivity contribution in [2.75, 3.05) is 6.61 Å². The molecule has 1 aliphatic heterocycles. The molecule has 0 aromatic heterocycles. The number of esters is 1. The number of cyclic esters (lactones) is 1. The van der Waals surface area contributed by atoms with Crippen LogP contribution in [0.15, 0.2) is 0 Å². The first kappa shape index (κ1) is 31.0. The molecule has 1 heterocycles. The highest BCUT2D eigenvalue weighted by Crippen LogP contribution is 2.43. The lowest BCUT2D eigenvalue weighted by atomic mass is 10.1. The first-order valence-corrected chi connectivity index (χ1v) is 21.3.